The number of hydrogen-bond donors (Lipinski definition) is 1. The van der Waals surface area contributed by atoms with E-state index in [1.165, 1.54) is 4.90 Å². The average molecular weight is 372 g/mol. The molecule has 1 rings (SSSR count). The lowest BCUT2D eigenvalue weighted by atomic mass is 10.2. The Morgan fingerprint density at radius 1 is 1.27 bits per heavy atom. The van der Waals surface area contributed by atoms with Crippen LogP contribution in [0.1, 0.15) is 5.56 Å². The van der Waals surface area contributed by atoms with Crippen LogP contribution in [0.4, 0.5) is 0 Å². The number of carbonyl (C=O) groups is 2. The van der Waals surface area contributed by atoms with Crippen LogP contribution in [0, 0.1) is 0 Å². The van der Waals surface area contributed by atoms with E-state index in [-0.39, 0.29) is 24.9 Å². The molecule has 0 spiro atoms. The van der Waals surface area contributed by atoms with Gasteiger partial charge in [-0.15, -0.1) is 0 Å². The molecular formula is C15H22BrN3O3. The monoisotopic (exact) mass is 371 g/mol. The minimum Gasteiger partial charge on any atom is -0.496 e. The molecule has 0 radical (unpaired) electrons. The van der Waals surface area contributed by atoms with Crippen molar-refractivity contribution in [2.75, 3.05) is 41.3 Å². The van der Waals surface area contributed by atoms with Gasteiger partial charge in [-0.25, -0.2) is 0 Å². The zero-order valence-electron chi connectivity index (χ0n) is 13.4. The number of amides is 2. The molecule has 0 saturated carbocycles. The van der Waals surface area contributed by atoms with Gasteiger partial charge in [-0.05, 0) is 25.2 Å². The fourth-order valence-corrected chi connectivity index (χ4v) is 2.26. The molecule has 0 saturated heterocycles. The van der Waals surface area contributed by atoms with Crippen molar-refractivity contribution in [2.45, 2.75) is 6.54 Å². The number of benzene rings is 1. The predicted molar refractivity (Wildman–Crippen MR) is 88.7 cm³/mol. The molecule has 0 heterocycles. The number of rotatable bonds is 7. The lowest BCUT2D eigenvalue weighted by molar-refractivity contribution is -0.131. The Morgan fingerprint density at radius 2 is 1.95 bits per heavy atom. The van der Waals surface area contributed by atoms with Gasteiger partial charge in [0.15, 0.2) is 0 Å². The summed E-state index contributed by atoms with van der Waals surface area (Å²) in [6.45, 7) is 0.786. The van der Waals surface area contributed by atoms with Gasteiger partial charge in [0, 0.05) is 30.7 Å². The number of likely N-dealkylation sites (N-methyl/N-ethyl adjacent to an activating group) is 2. The van der Waals surface area contributed by atoms with Crippen LogP contribution in [0.3, 0.4) is 0 Å². The summed E-state index contributed by atoms with van der Waals surface area (Å²) in [6, 6.07) is 5.74. The van der Waals surface area contributed by atoms with Gasteiger partial charge in [-0.2, -0.15) is 0 Å². The zero-order valence-corrected chi connectivity index (χ0v) is 14.9. The molecule has 0 bridgehead atoms. The Kier molecular flexibility index (Phi) is 7.34. The Balaban J connectivity index is 2.52. The van der Waals surface area contributed by atoms with Gasteiger partial charge in [0.2, 0.25) is 11.8 Å². The van der Waals surface area contributed by atoms with Crippen molar-refractivity contribution in [1.29, 1.82) is 0 Å². The maximum absolute atomic E-state index is 11.8. The Morgan fingerprint density at radius 3 is 2.55 bits per heavy atom. The summed E-state index contributed by atoms with van der Waals surface area (Å²) < 4.78 is 6.27. The van der Waals surface area contributed by atoms with Crippen molar-refractivity contribution in [1.82, 2.24) is 15.1 Å². The predicted octanol–water partition coefficient (Wildman–Crippen LogP) is 1.09. The van der Waals surface area contributed by atoms with Gasteiger partial charge in [0.1, 0.15) is 5.75 Å². The number of halogens is 1. The molecule has 7 heteroatoms. The van der Waals surface area contributed by atoms with Crippen LogP contribution in [0.2, 0.25) is 0 Å². The molecule has 1 aromatic rings. The maximum Gasteiger partial charge on any atom is 0.241 e. The SMILES string of the molecule is COc1ccc(Br)cc1CN(C)CC(=O)NCC(=O)N(C)C. The summed E-state index contributed by atoms with van der Waals surface area (Å²) in [5, 5.41) is 2.61. The summed E-state index contributed by atoms with van der Waals surface area (Å²) in [6.07, 6.45) is 0. The highest BCUT2D eigenvalue weighted by atomic mass is 79.9. The highest BCUT2D eigenvalue weighted by molar-refractivity contribution is 9.10. The molecule has 0 atom stereocenters. The number of ether oxygens (including phenoxy) is 1. The quantitative estimate of drug-likeness (QED) is 0.779. The van der Waals surface area contributed by atoms with Gasteiger partial charge in [-0.3, -0.25) is 14.5 Å². The molecule has 1 aromatic carbocycles. The Labute approximate surface area is 139 Å². The summed E-state index contributed by atoms with van der Waals surface area (Å²) >= 11 is 3.43. The van der Waals surface area contributed by atoms with E-state index in [0.29, 0.717) is 6.54 Å². The number of nitrogens with one attached hydrogen (secondary N) is 1. The molecule has 0 aliphatic carbocycles. The number of hydrogen-bond acceptors (Lipinski definition) is 4. The minimum absolute atomic E-state index is 0.0138. The van der Waals surface area contributed by atoms with E-state index in [2.05, 4.69) is 21.2 Å². The number of carbonyl (C=O) groups excluding carboxylic acids is 2. The van der Waals surface area contributed by atoms with E-state index in [1.807, 2.05) is 30.1 Å². The smallest absolute Gasteiger partial charge is 0.241 e. The molecule has 0 unspecified atom stereocenters. The van der Waals surface area contributed by atoms with Crippen molar-refractivity contribution in [3.8, 4) is 5.75 Å². The van der Waals surface area contributed by atoms with Crippen LogP contribution in [0.5, 0.6) is 5.75 Å². The topological polar surface area (TPSA) is 61.9 Å². The van der Waals surface area contributed by atoms with Crippen LogP contribution < -0.4 is 10.1 Å². The second-order valence-corrected chi connectivity index (χ2v) is 6.11. The van der Waals surface area contributed by atoms with Gasteiger partial charge in [0.05, 0.1) is 20.2 Å². The van der Waals surface area contributed by atoms with Gasteiger partial charge in [-0.1, -0.05) is 15.9 Å². The first kappa shape index (κ1) is 18.4. The molecule has 6 nitrogen and oxygen atoms in total. The molecule has 2 amide bonds. The van der Waals surface area contributed by atoms with E-state index in [1.54, 1.807) is 21.2 Å². The molecular weight excluding hydrogens is 350 g/mol. The summed E-state index contributed by atoms with van der Waals surface area (Å²) in [7, 11) is 6.76. The summed E-state index contributed by atoms with van der Waals surface area (Å²) in [5.74, 6) is 0.453. The molecule has 22 heavy (non-hydrogen) atoms. The molecule has 1 N–H and O–H groups in total. The molecule has 0 aliphatic rings. The van der Waals surface area contributed by atoms with Crippen LogP contribution in [-0.4, -0.2) is 63.0 Å². The first-order chi connectivity index (χ1) is 10.3. The van der Waals surface area contributed by atoms with Crippen molar-refractivity contribution >= 4 is 27.7 Å². The summed E-state index contributed by atoms with van der Waals surface area (Å²) in [4.78, 5) is 26.6. The summed E-state index contributed by atoms with van der Waals surface area (Å²) in [5.41, 5.74) is 0.983. The second kappa shape index (κ2) is 8.75. The molecule has 0 aliphatic heterocycles. The molecule has 0 aromatic heterocycles. The lowest BCUT2D eigenvalue weighted by Gasteiger charge is -2.18. The van der Waals surface area contributed by atoms with Crippen LogP contribution in [-0.2, 0) is 16.1 Å². The van der Waals surface area contributed by atoms with Crippen molar-refractivity contribution in [3.63, 3.8) is 0 Å². The second-order valence-electron chi connectivity index (χ2n) is 5.19. The van der Waals surface area contributed by atoms with Crippen molar-refractivity contribution in [3.05, 3.63) is 28.2 Å². The van der Waals surface area contributed by atoms with Crippen LogP contribution in [0.15, 0.2) is 22.7 Å². The Hall–Kier alpha value is -1.60. The lowest BCUT2D eigenvalue weighted by Crippen LogP contribution is -2.40. The largest absolute Gasteiger partial charge is 0.496 e. The first-order valence-corrected chi connectivity index (χ1v) is 7.60. The van der Waals surface area contributed by atoms with Gasteiger partial charge < -0.3 is 15.0 Å². The fourth-order valence-electron chi connectivity index (χ4n) is 1.85. The third-order valence-electron chi connectivity index (χ3n) is 3.03. The van der Waals surface area contributed by atoms with Crippen molar-refractivity contribution < 1.29 is 14.3 Å². The van der Waals surface area contributed by atoms with Crippen LogP contribution >= 0.6 is 15.9 Å². The van der Waals surface area contributed by atoms with E-state index >= 15 is 0 Å². The third kappa shape index (κ3) is 6.03. The zero-order chi connectivity index (χ0) is 16.7. The van der Waals surface area contributed by atoms with Gasteiger partial charge >= 0.3 is 0 Å². The van der Waals surface area contributed by atoms with E-state index in [4.69, 9.17) is 4.74 Å². The van der Waals surface area contributed by atoms with Crippen LogP contribution in [0.25, 0.3) is 0 Å². The minimum atomic E-state index is -0.188. The highest BCUT2D eigenvalue weighted by Crippen LogP contribution is 2.23. The van der Waals surface area contributed by atoms with E-state index < -0.39 is 0 Å². The average Bonchev–Trinajstić information content (AvgIpc) is 2.44. The Bertz CT molecular complexity index is 535. The van der Waals surface area contributed by atoms with E-state index in [0.717, 1.165) is 15.8 Å². The highest BCUT2D eigenvalue weighted by Gasteiger charge is 2.12. The maximum atomic E-state index is 11.8. The fraction of sp³-hybridized carbons (Fsp3) is 0.467. The molecule has 122 valence electrons. The number of methoxy groups -OCH3 is 1. The van der Waals surface area contributed by atoms with Gasteiger partial charge in [0.25, 0.3) is 0 Å². The normalized spacial score (nSPS) is 10.5. The van der Waals surface area contributed by atoms with E-state index in [9.17, 15) is 9.59 Å². The molecule has 0 fully saturated rings. The third-order valence-corrected chi connectivity index (χ3v) is 3.53. The standard InChI is InChI=1S/C15H22BrN3O3/c1-18(2)15(21)8-17-14(20)10-19(3)9-11-7-12(16)5-6-13(11)22-4/h5-7H,8-10H2,1-4H3,(H,17,20). The van der Waals surface area contributed by atoms with Crippen molar-refractivity contribution in [2.24, 2.45) is 0 Å². The first-order valence-electron chi connectivity index (χ1n) is 6.81. The number of nitrogens with zero attached hydrogens (tertiary/aromatic N) is 2.